The number of rotatable bonds is 3. The van der Waals surface area contributed by atoms with Gasteiger partial charge in [-0.3, -0.25) is 9.59 Å². The molecule has 0 spiro atoms. The predicted molar refractivity (Wildman–Crippen MR) is 69.5 cm³/mol. The zero-order valence-electron chi connectivity index (χ0n) is 10.8. The maximum atomic E-state index is 11.4. The Morgan fingerprint density at radius 3 is 2.11 bits per heavy atom. The van der Waals surface area contributed by atoms with Gasteiger partial charge in [-0.15, -0.1) is 0 Å². The Morgan fingerprint density at radius 2 is 1.74 bits per heavy atom. The lowest BCUT2D eigenvalue weighted by Gasteiger charge is -2.24. The van der Waals surface area contributed by atoms with Crippen LogP contribution in [0.1, 0.15) is 31.2 Å². The molecule has 1 aromatic rings. The van der Waals surface area contributed by atoms with Gasteiger partial charge in [0.1, 0.15) is 5.75 Å². The van der Waals surface area contributed by atoms with Crippen molar-refractivity contribution in [1.82, 2.24) is 0 Å². The third-order valence-corrected chi connectivity index (χ3v) is 3.51. The van der Waals surface area contributed by atoms with Crippen molar-refractivity contribution in [3.63, 3.8) is 0 Å². The zero-order valence-corrected chi connectivity index (χ0v) is 10.8. The molecule has 19 heavy (non-hydrogen) atoms. The summed E-state index contributed by atoms with van der Waals surface area (Å²) in [5.74, 6) is 0.0671. The van der Waals surface area contributed by atoms with Crippen LogP contribution in [0.25, 0.3) is 0 Å². The zero-order chi connectivity index (χ0) is 14.3. The lowest BCUT2D eigenvalue weighted by molar-refractivity contribution is -0.143. The fraction of sp³-hybridized carbons (Fsp3) is 0.429. The van der Waals surface area contributed by atoms with Crippen LogP contribution in [0, 0.1) is 0 Å². The highest BCUT2D eigenvalue weighted by Gasteiger charge is 2.42. The lowest BCUT2D eigenvalue weighted by atomic mass is 9.79. The molecular formula is C14H18O5. The van der Waals surface area contributed by atoms with Gasteiger partial charge in [-0.25, -0.2) is 0 Å². The van der Waals surface area contributed by atoms with E-state index >= 15 is 0 Å². The Kier molecular flexibility index (Phi) is 5.36. The Hall–Kier alpha value is -2.04. The number of carboxylic acid groups (broad SMARTS) is 2. The van der Waals surface area contributed by atoms with Crippen LogP contribution < -0.4 is 4.74 Å². The standard InChI is InChI=1S/C13H16O3.CH2O2/c1-16-11-6-4-10(5-7-11)13(12(14)15)8-2-3-9-13;2-1-3/h4-7H,2-3,8-9H2,1H3,(H,14,15);1H,(H,2,3). The normalized spacial score (nSPS) is 16.1. The summed E-state index contributed by atoms with van der Waals surface area (Å²) in [4.78, 5) is 19.8. The van der Waals surface area contributed by atoms with E-state index in [1.165, 1.54) is 0 Å². The monoisotopic (exact) mass is 266 g/mol. The number of methoxy groups -OCH3 is 1. The van der Waals surface area contributed by atoms with Crippen LogP contribution >= 0.6 is 0 Å². The van der Waals surface area contributed by atoms with Crippen LogP contribution in [0.15, 0.2) is 24.3 Å². The van der Waals surface area contributed by atoms with E-state index in [0.29, 0.717) is 0 Å². The first-order chi connectivity index (χ1) is 9.10. The average molecular weight is 266 g/mol. The molecule has 0 bridgehead atoms. The van der Waals surface area contributed by atoms with Gasteiger partial charge in [0.05, 0.1) is 12.5 Å². The molecule has 1 saturated carbocycles. The first-order valence-electron chi connectivity index (χ1n) is 6.06. The second-order valence-corrected chi connectivity index (χ2v) is 4.43. The van der Waals surface area contributed by atoms with Crippen LogP contribution in [0.4, 0.5) is 0 Å². The van der Waals surface area contributed by atoms with Gasteiger partial charge in [0.25, 0.3) is 6.47 Å². The van der Waals surface area contributed by atoms with E-state index in [9.17, 15) is 9.90 Å². The summed E-state index contributed by atoms with van der Waals surface area (Å²) in [5, 5.41) is 16.3. The fourth-order valence-electron chi connectivity index (χ4n) is 2.51. The molecule has 1 aliphatic rings. The second-order valence-electron chi connectivity index (χ2n) is 4.43. The highest BCUT2D eigenvalue weighted by atomic mass is 16.5. The maximum Gasteiger partial charge on any atom is 0.314 e. The van der Waals surface area contributed by atoms with E-state index < -0.39 is 11.4 Å². The molecule has 104 valence electrons. The molecule has 0 unspecified atom stereocenters. The largest absolute Gasteiger partial charge is 0.497 e. The van der Waals surface area contributed by atoms with Crippen molar-refractivity contribution in [3.8, 4) is 5.75 Å². The summed E-state index contributed by atoms with van der Waals surface area (Å²) in [6.07, 6.45) is 3.49. The van der Waals surface area contributed by atoms with Gasteiger partial charge < -0.3 is 14.9 Å². The molecule has 0 aromatic heterocycles. The smallest absolute Gasteiger partial charge is 0.314 e. The Morgan fingerprint density at radius 1 is 1.26 bits per heavy atom. The molecule has 0 amide bonds. The first kappa shape index (κ1) is 15.0. The average Bonchev–Trinajstić information content (AvgIpc) is 2.90. The number of hydrogen-bond donors (Lipinski definition) is 2. The molecule has 2 rings (SSSR count). The predicted octanol–water partition coefficient (Wildman–Crippen LogP) is 2.29. The molecule has 1 fully saturated rings. The highest BCUT2D eigenvalue weighted by Crippen LogP contribution is 2.41. The molecular weight excluding hydrogens is 248 g/mol. The summed E-state index contributed by atoms with van der Waals surface area (Å²) in [5.41, 5.74) is 0.241. The van der Waals surface area contributed by atoms with E-state index in [4.69, 9.17) is 14.6 Å². The Balaban J connectivity index is 0.000000550. The van der Waals surface area contributed by atoms with Crippen molar-refractivity contribution in [2.45, 2.75) is 31.1 Å². The molecule has 0 radical (unpaired) electrons. The molecule has 5 heteroatoms. The summed E-state index contributed by atoms with van der Waals surface area (Å²) in [7, 11) is 1.61. The number of hydrogen-bond acceptors (Lipinski definition) is 3. The van der Waals surface area contributed by atoms with E-state index in [1.54, 1.807) is 7.11 Å². The molecule has 0 saturated heterocycles. The van der Waals surface area contributed by atoms with E-state index in [1.807, 2.05) is 24.3 Å². The molecule has 5 nitrogen and oxygen atoms in total. The molecule has 1 aliphatic carbocycles. The van der Waals surface area contributed by atoms with Crippen molar-refractivity contribution in [2.75, 3.05) is 7.11 Å². The maximum absolute atomic E-state index is 11.4. The van der Waals surface area contributed by atoms with Gasteiger partial charge in [-0.1, -0.05) is 25.0 Å². The van der Waals surface area contributed by atoms with Gasteiger partial charge in [-0.2, -0.15) is 0 Å². The minimum atomic E-state index is -0.699. The number of carbonyl (C=O) groups is 2. The molecule has 2 N–H and O–H groups in total. The molecule has 0 aliphatic heterocycles. The van der Waals surface area contributed by atoms with Gasteiger partial charge in [0, 0.05) is 0 Å². The van der Waals surface area contributed by atoms with Crippen molar-refractivity contribution >= 4 is 12.4 Å². The highest BCUT2D eigenvalue weighted by molar-refractivity contribution is 5.81. The molecule has 0 heterocycles. The SMILES string of the molecule is COc1ccc(C2(C(=O)O)CCCC2)cc1.O=CO. The number of benzene rings is 1. The van der Waals surface area contributed by atoms with E-state index in [2.05, 4.69) is 0 Å². The Bertz CT molecular complexity index is 418. The number of carboxylic acids is 1. The van der Waals surface area contributed by atoms with Crippen LogP contribution in [-0.2, 0) is 15.0 Å². The third kappa shape index (κ3) is 3.24. The second kappa shape index (κ2) is 6.78. The Labute approximate surface area is 111 Å². The summed E-state index contributed by atoms with van der Waals surface area (Å²) < 4.78 is 5.08. The van der Waals surface area contributed by atoms with E-state index in [-0.39, 0.29) is 6.47 Å². The first-order valence-corrected chi connectivity index (χ1v) is 6.06. The quantitative estimate of drug-likeness (QED) is 0.820. The van der Waals surface area contributed by atoms with Gasteiger partial charge in [0.15, 0.2) is 0 Å². The minimum Gasteiger partial charge on any atom is -0.497 e. The number of ether oxygens (including phenoxy) is 1. The minimum absolute atomic E-state index is 0.250. The van der Waals surface area contributed by atoms with Crippen LogP contribution in [0.5, 0.6) is 5.75 Å². The number of aliphatic carboxylic acids is 1. The van der Waals surface area contributed by atoms with Gasteiger partial charge in [-0.05, 0) is 30.5 Å². The van der Waals surface area contributed by atoms with Gasteiger partial charge >= 0.3 is 5.97 Å². The molecule has 1 aromatic carbocycles. The van der Waals surface area contributed by atoms with Crippen molar-refractivity contribution in [2.24, 2.45) is 0 Å². The molecule has 0 atom stereocenters. The summed E-state index contributed by atoms with van der Waals surface area (Å²) >= 11 is 0. The fourth-order valence-corrected chi connectivity index (χ4v) is 2.51. The summed E-state index contributed by atoms with van der Waals surface area (Å²) in [6.45, 7) is -0.250. The summed E-state index contributed by atoms with van der Waals surface area (Å²) in [6, 6.07) is 7.41. The topological polar surface area (TPSA) is 83.8 Å². The van der Waals surface area contributed by atoms with Crippen LogP contribution in [0.2, 0.25) is 0 Å². The van der Waals surface area contributed by atoms with Crippen molar-refractivity contribution < 1.29 is 24.5 Å². The van der Waals surface area contributed by atoms with Crippen LogP contribution in [0.3, 0.4) is 0 Å². The van der Waals surface area contributed by atoms with Crippen LogP contribution in [-0.4, -0.2) is 29.8 Å². The van der Waals surface area contributed by atoms with Crippen molar-refractivity contribution in [1.29, 1.82) is 0 Å². The van der Waals surface area contributed by atoms with E-state index in [0.717, 1.165) is 37.0 Å². The van der Waals surface area contributed by atoms with Crippen molar-refractivity contribution in [3.05, 3.63) is 29.8 Å². The lowest BCUT2D eigenvalue weighted by Crippen LogP contribution is -2.32. The third-order valence-electron chi connectivity index (χ3n) is 3.51. The van der Waals surface area contributed by atoms with Gasteiger partial charge in [0.2, 0.25) is 0 Å².